The van der Waals surface area contributed by atoms with Gasteiger partial charge in [0.15, 0.2) is 0 Å². The van der Waals surface area contributed by atoms with Crippen LogP contribution in [-0.4, -0.2) is 28.3 Å². The van der Waals surface area contributed by atoms with Crippen LogP contribution in [0.25, 0.3) is 0 Å². The predicted molar refractivity (Wildman–Crippen MR) is 118 cm³/mol. The van der Waals surface area contributed by atoms with Crippen LogP contribution in [-0.2, 0) is 4.79 Å². The number of pyridine rings is 2. The average Bonchev–Trinajstić information content (AvgIpc) is 2.73. The highest BCUT2D eigenvalue weighted by Crippen LogP contribution is 2.34. The maximum absolute atomic E-state index is 13.0. The zero-order valence-corrected chi connectivity index (χ0v) is 17.6. The molecule has 2 heterocycles. The van der Waals surface area contributed by atoms with Crippen molar-refractivity contribution in [3.05, 3.63) is 83.3 Å². The molecule has 0 spiro atoms. The molecule has 154 valence electrons. The number of rotatable bonds is 7. The molecule has 0 bridgehead atoms. The Labute approximate surface area is 179 Å². The molecule has 0 aliphatic rings. The van der Waals surface area contributed by atoms with Gasteiger partial charge in [0.05, 0.1) is 12.1 Å². The summed E-state index contributed by atoms with van der Waals surface area (Å²) in [6.07, 6.45) is 4.90. The molecule has 4 N–H and O–H groups in total. The SMILES string of the molecule is Cc1cc(C)cc(NC(=O)c2cccnc2SC(NC(=O)CN)c2ccncc2)c1. The van der Waals surface area contributed by atoms with Gasteiger partial charge in [-0.2, -0.15) is 0 Å². The molecule has 2 amide bonds. The summed E-state index contributed by atoms with van der Waals surface area (Å²) in [6, 6.07) is 12.9. The first-order chi connectivity index (χ1) is 14.5. The second kappa shape index (κ2) is 10.00. The summed E-state index contributed by atoms with van der Waals surface area (Å²) < 4.78 is 0. The molecule has 0 aliphatic carbocycles. The molecular weight excluding hydrogens is 398 g/mol. The van der Waals surface area contributed by atoms with Gasteiger partial charge in [0.25, 0.3) is 5.91 Å². The molecule has 2 aromatic heterocycles. The highest BCUT2D eigenvalue weighted by Gasteiger charge is 2.21. The number of hydrogen-bond acceptors (Lipinski definition) is 6. The van der Waals surface area contributed by atoms with Gasteiger partial charge in [-0.05, 0) is 66.9 Å². The fourth-order valence-corrected chi connectivity index (χ4v) is 4.05. The molecule has 7 nitrogen and oxygen atoms in total. The Balaban J connectivity index is 1.87. The van der Waals surface area contributed by atoms with E-state index in [1.54, 1.807) is 42.9 Å². The van der Waals surface area contributed by atoms with E-state index in [0.717, 1.165) is 22.4 Å². The third kappa shape index (κ3) is 5.65. The first-order valence-corrected chi connectivity index (χ1v) is 10.2. The molecule has 1 aromatic carbocycles. The van der Waals surface area contributed by atoms with Crippen LogP contribution in [0, 0.1) is 13.8 Å². The third-order valence-corrected chi connectivity index (χ3v) is 5.39. The van der Waals surface area contributed by atoms with Crippen molar-refractivity contribution in [1.82, 2.24) is 15.3 Å². The number of nitrogens with two attached hydrogens (primary N) is 1. The van der Waals surface area contributed by atoms with E-state index in [4.69, 9.17) is 5.73 Å². The molecule has 0 saturated heterocycles. The van der Waals surface area contributed by atoms with Crippen molar-refractivity contribution >= 4 is 29.3 Å². The van der Waals surface area contributed by atoms with Crippen molar-refractivity contribution in [2.45, 2.75) is 24.2 Å². The van der Waals surface area contributed by atoms with Crippen LogP contribution in [0.15, 0.2) is 66.1 Å². The van der Waals surface area contributed by atoms with E-state index in [1.165, 1.54) is 11.8 Å². The van der Waals surface area contributed by atoms with Gasteiger partial charge < -0.3 is 16.4 Å². The molecule has 0 saturated carbocycles. The standard InChI is InChI=1S/C22H23N5O2S/c1-14-10-15(2)12-17(11-14)26-20(29)18-4-3-7-25-22(18)30-21(27-19(28)13-23)16-5-8-24-9-6-16/h3-12,21H,13,23H2,1-2H3,(H,26,29)(H,27,28). The summed E-state index contributed by atoms with van der Waals surface area (Å²) in [6.45, 7) is 3.82. The normalized spacial score (nSPS) is 11.6. The Hall–Kier alpha value is -3.23. The molecule has 1 unspecified atom stereocenters. The average molecular weight is 422 g/mol. The largest absolute Gasteiger partial charge is 0.339 e. The monoisotopic (exact) mass is 421 g/mol. The van der Waals surface area contributed by atoms with Gasteiger partial charge in [-0.25, -0.2) is 4.98 Å². The number of hydrogen-bond donors (Lipinski definition) is 3. The van der Waals surface area contributed by atoms with Crippen LogP contribution in [0.5, 0.6) is 0 Å². The number of anilines is 1. The highest BCUT2D eigenvalue weighted by atomic mass is 32.2. The van der Waals surface area contributed by atoms with Crippen LogP contribution >= 0.6 is 11.8 Å². The van der Waals surface area contributed by atoms with E-state index in [2.05, 4.69) is 20.6 Å². The Morgan fingerprint density at radius 3 is 2.43 bits per heavy atom. The second-order valence-electron chi connectivity index (χ2n) is 6.74. The predicted octanol–water partition coefficient (Wildman–Crippen LogP) is 3.21. The maximum atomic E-state index is 13.0. The molecule has 30 heavy (non-hydrogen) atoms. The number of nitrogens with one attached hydrogen (secondary N) is 2. The summed E-state index contributed by atoms with van der Waals surface area (Å²) >= 11 is 1.27. The first kappa shape index (κ1) is 21.5. The van der Waals surface area contributed by atoms with Crippen molar-refractivity contribution in [2.24, 2.45) is 5.73 Å². The molecule has 0 radical (unpaired) electrons. The van der Waals surface area contributed by atoms with E-state index >= 15 is 0 Å². The molecule has 0 aliphatic heterocycles. The van der Waals surface area contributed by atoms with Gasteiger partial charge in [0, 0.05) is 24.3 Å². The minimum Gasteiger partial charge on any atom is -0.339 e. The molecule has 3 aromatic rings. The van der Waals surface area contributed by atoms with Gasteiger partial charge >= 0.3 is 0 Å². The van der Waals surface area contributed by atoms with Crippen molar-refractivity contribution < 1.29 is 9.59 Å². The summed E-state index contributed by atoms with van der Waals surface area (Å²) in [5.74, 6) is -0.573. The lowest BCUT2D eigenvalue weighted by molar-refractivity contribution is -0.119. The Morgan fingerprint density at radius 1 is 1.07 bits per heavy atom. The van der Waals surface area contributed by atoms with Crippen molar-refractivity contribution in [3.8, 4) is 0 Å². The van der Waals surface area contributed by atoms with Crippen LogP contribution in [0.4, 0.5) is 5.69 Å². The van der Waals surface area contributed by atoms with Crippen molar-refractivity contribution in [3.63, 3.8) is 0 Å². The van der Waals surface area contributed by atoms with Gasteiger partial charge in [-0.1, -0.05) is 17.8 Å². The molecule has 1 atom stereocenters. The first-order valence-electron chi connectivity index (χ1n) is 9.37. The Kier molecular flexibility index (Phi) is 7.16. The van der Waals surface area contributed by atoms with E-state index in [0.29, 0.717) is 10.6 Å². The van der Waals surface area contributed by atoms with Crippen LogP contribution in [0.1, 0.15) is 32.4 Å². The van der Waals surface area contributed by atoms with E-state index < -0.39 is 5.37 Å². The van der Waals surface area contributed by atoms with Gasteiger partial charge in [0.2, 0.25) is 5.91 Å². The molecule has 0 fully saturated rings. The number of aromatic nitrogens is 2. The number of nitrogens with zero attached hydrogens (tertiary/aromatic N) is 2. The number of amides is 2. The number of benzene rings is 1. The fourth-order valence-electron chi connectivity index (χ4n) is 2.94. The summed E-state index contributed by atoms with van der Waals surface area (Å²) in [5.41, 5.74) is 9.56. The maximum Gasteiger partial charge on any atom is 0.258 e. The van der Waals surface area contributed by atoms with Crippen molar-refractivity contribution in [2.75, 3.05) is 11.9 Å². The fraction of sp³-hybridized carbons (Fsp3) is 0.182. The number of carbonyl (C=O) groups excluding carboxylic acids is 2. The van der Waals surface area contributed by atoms with Gasteiger partial charge in [0.1, 0.15) is 10.4 Å². The quantitative estimate of drug-likeness (QED) is 0.399. The zero-order valence-electron chi connectivity index (χ0n) is 16.8. The number of thioether (sulfide) groups is 1. The van der Waals surface area contributed by atoms with E-state index in [9.17, 15) is 9.59 Å². The minimum atomic E-state index is -0.466. The lowest BCUT2D eigenvalue weighted by atomic mass is 10.1. The topological polar surface area (TPSA) is 110 Å². The van der Waals surface area contributed by atoms with Crippen LogP contribution < -0.4 is 16.4 Å². The van der Waals surface area contributed by atoms with Crippen LogP contribution in [0.3, 0.4) is 0 Å². The second-order valence-corrected chi connectivity index (χ2v) is 7.83. The van der Waals surface area contributed by atoms with Gasteiger partial charge in [-0.15, -0.1) is 0 Å². The summed E-state index contributed by atoms with van der Waals surface area (Å²) in [4.78, 5) is 33.3. The third-order valence-electron chi connectivity index (χ3n) is 4.21. The lowest BCUT2D eigenvalue weighted by Crippen LogP contribution is -2.32. The molecule has 3 rings (SSSR count). The highest BCUT2D eigenvalue weighted by molar-refractivity contribution is 7.99. The van der Waals surface area contributed by atoms with Gasteiger partial charge in [-0.3, -0.25) is 14.6 Å². The van der Waals surface area contributed by atoms with E-state index in [1.807, 2.05) is 32.0 Å². The lowest BCUT2D eigenvalue weighted by Gasteiger charge is -2.19. The zero-order chi connectivity index (χ0) is 21.5. The molecular formula is C22H23N5O2S. The van der Waals surface area contributed by atoms with E-state index in [-0.39, 0.29) is 18.4 Å². The Morgan fingerprint density at radius 2 is 1.77 bits per heavy atom. The molecule has 8 heteroatoms. The number of aryl methyl sites for hydroxylation is 2. The number of carbonyl (C=O) groups is 2. The summed E-state index contributed by atoms with van der Waals surface area (Å²) in [5, 5.41) is 5.83. The summed E-state index contributed by atoms with van der Waals surface area (Å²) in [7, 11) is 0. The smallest absolute Gasteiger partial charge is 0.258 e. The van der Waals surface area contributed by atoms with Crippen molar-refractivity contribution in [1.29, 1.82) is 0 Å². The van der Waals surface area contributed by atoms with Crippen LogP contribution in [0.2, 0.25) is 0 Å². The Bertz CT molecular complexity index is 1020. The minimum absolute atomic E-state index is 0.135.